The standard InChI is InChI=1S/C41H56O4/c1-8-30-22-33(30)34-20-28(21-36(44-9-2)37(34)32-12-10-11-13-35(32)39(4,5)6)18-29-23-41(24-29)25-31(26(3)45-41)19-27-14-16-40(7,17-15-27)38(42)43/h10-13,20-21,27,29-30,33H,8-9,14-19,22-25H2,1-7H3,(H,42,43). The van der Waals surface area contributed by atoms with Crippen molar-refractivity contribution in [1.29, 1.82) is 0 Å². The Hall–Kier alpha value is -2.75. The van der Waals surface area contributed by atoms with Crippen molar-refractivity contribution in [2.75, 3.05) is 6.61 Å². The van der Waals surface area contributed by atoms with Gasteiger partial charge in [0.15, 0.2) is 0 Å². The quantitative estimate of drug-likeness (QED) is 0.290. The van der Waals surface area contributed by atoms with E-state index in [4.69, 9.17) is 9.47 Å². The van der Waals surface area contributed by atoms with Gasteiger partial charge in [0.05, 0.1) is 17.8 Å². The molecule has 45 heavy (non-hydrogen) atoms. The van der Waals surface area contributed by atoms with Crippen LogP contribution in [0.5, 0.6) is 5.75 Å². The van der Waals surface area contributed by atoms with Gasteiger partial charge in [-0.15, -0.1) is 0 Å². The average Bonchev–Trinajstić information content (AvgIpc) is 3.69. The van der Waals surface area contributed by atoms with Gasteiger partial charge in [-0.2, -0.15) is 0 Å². The van der Waals surface area contributed by atoms with Crippen molar-refractivity contribution in [3.8, 4) is 16.9 Å². The first-order valence-electron chi connectivity index (χ1n) is 17.8. The van der Waals surface area contributed by atoms with E-state index in [-0.39, 0.29) is 11.0 Å². The van der Waals surface area contributed by atoms with E-state index < -0.39 is 11.4 Å². The van der Waals surface area contributed by atoms with E-state index in [1.165, 1.54) is 46.2 Å². The number of carboxylic acids is 1. The van der Waals surface area contributed by atoms with E-state index in [2.05, 4.69) is 77.9 Å². The Morgan fingerprint density at radius 2 is 1.76 bits per heavy atom. The summed E-state index contributed by atoms with van der Waals surface area (Å²) in [4.78, 5) is 11.7. The molecule has 244 valence electrons. The maximum atomic E-state index is 11.7. The first-order chi connectivity index (χ1) is 21.3. The monoisotopic (exact) mass is 612 g/mol. The molecule has 0 saturated heterocycles. The smallest absolute Gasteiger partial charge is 0.309 e. The van der Waals surface area contributed by atoms with Crippen molar-refractivity contribution in [2.45, 2.75) is 136 Å². The molecular formula is C41H56O4. The van der Waals surface area contributed by atoms with Crippen LogP contribution < -0.4 is 4.74 Å². The van der Waals surface area contributed by atoms with Crippen molar-refractivity contribution >= 4 is 5.97 Å². The molecule has 1 aliphatic heterocycles. The van der Waals surface area contributed by atoms with Gasteiger partial charge in [0.2, 0.25) is 0 Å². The van der Waals surface area contributed by atoms with Crippen molar-refractivity contribution < 1.29 is 19.4 Å². The summed E-state index contributed by atoms with van der Waals surface area (Å²) in [6, 6.07) is 13.9. The fraction of sp³-hybridized carbons (Fsp3) is 0.634. The highest BCUT2D eigenvalue weighted by Crippen LogP contribution is 2.57. The summed E-state index contributed by atoms with van der Waals surface area (Å²) in [5.74, 6) is 4.16. The molecule has 1 spiro atoms. The highest BCUT2D eigenvalue weighted by atomic mass is 16.5. The third-order valence-corrected chi connectivity index (χ3v) is 11.9. The summed E-state index contributed by atoms with van der Waals surface area (Å²) in [6.07, 6.45) is 11.6. The number of rotatable bonds is 10. The molecule has 2 atom stereocenters. The summed E-state index contributed by atoms with van der Waals surface area (Å²) >= 11 is 0. The Labute approximate surface area is 272 Å². The summed E-state index contributed by atoms with van der Waals surface area (Å²) in [6.45, 7) is 16.1. The van der Waals surface area contributed by atoms with Crippen LogP contribution in [0.1, 0.15) is 135 Å². The molecule has 1 N–H and O–H groups in total. The summed E-state index contributed by atoms with van der Waals surface area (Å²) in [5.41, 5.74) is 7.93. The number of hydrogen-bond acceptors (Lipinski definition) is 3. The third kappa shape index (κ3) is 6.45. The van der Waals surface area contributed by atoms with E-state index in [1.807, 2.05) is 6.92 Å². The van der Waals surface area contributed by atoms with E-state index in [1.54, 1.807) is 0 Å². The highest BCUT2D eigenvalue weighted by molar-refractivity contribution is 5.79. The molecule has 3 aliphatic carbocycles. The largest absolute Gasteiger partial charge is 0.493 e. The van der Waals surface area contributed by atoms with E-state index >= 15 is 0 Å². The lowest BCUT2D eigenvalue weighted by Gasteiger charge is -2.45. The van der Waals surface area contributed by atoms with Crippen LogP contribution in [0, 0.1) is 23.2 Å². The van der Waals surface area contributed by atoms with Crippen LogP contribution in [0.25, 0.3) is 11.1 Å². The van der Waals surface area contributed by atoms with Crippen LogP contribution in [0.2, 0.25) is 0 Å². The summed E-state index contributed by atoms with van der Waals surface area (Å²) in [5, 5.41) is 9.63. The molecular weight excluding hydrogens is 556 g/mol. The highest BCUT2D eigenvalue weighted by Gasteiger charge is 2.50. The molecule has 4 heteroatoms. The molecule has 0 bridgehead atoms. The van der Waals surface area contributed by atoms with Crippen LogP contribution in [0.4, 0.5) is 0 Å². The SMILES string of the molecule is CCOc1cc(CC2CC3(CC(CC4CCC(C)(C(=O)O)CC4)=C(C)O3)C2)cc(C2CC2CC)c1-c1ccccc1C(C)(C)C. The van der Waals surface area contributed by atoms with Gasteiger partial charge in [-0.1, -0.05) is 64.4 Å². The predicted octanol–water partition coefficient (Wildman–Crippen LogP) is 10.6. The van der Waals surface area contributed by atoms with Crippen LogP contribution in [0.3, 0.4) is 0 Å². The maximum Gasteiger partial charge on any atom is 0.309 e. The normalized spacial score (nSPS) is 31.1. The van der Waals surface area contributed by atoms with Gasteiger partial charge in [0, 0.05) is 12.0 Å². The van der Waals surface area contributed by atoms with Gasteiger partial charge in [0.1, 0.15) is 11.4 Å². The zero-order valence-corrected chi connectivity index (χ0v) is 28.9. The molecule has 0 aromatic heterocycles. The lowest BCUT2D eigenvalue weighted by atomic mass is 9.65. The lowest BCUT2D eigenvalue weighted by Crippen LogP contribution is -2.44. The average molecular weight is 613 g/mol. The third-order valence-electron chi connectivity index (χ3n) is 11.9. The topological polar surface area (TPSA) is 55.8 Å². The van der Waals surface area contributed by atoms with E-state index in [0.717, 1.165) is 75.2 Å². The van der Waals surface area contributed by atoms with E-state index in [0.29, 0.717) is 24.4 Å². The van der Waals surface area contributed by atoms with Crippen LogP contribution in [-0.2, 0) is 21.4 Å². The molecule has 3 fully saturated rings. The molecule has 2 aromatic carbocycles. The minimum atomic E-state index is -0.632. The van der Waals surface area contributed by atoms with Crippen molar-refractivity contribution in [1.82, 2.24) is 0 Å². The van der Waals surface area contributed by atoms with Gasteiger partial charge in [-0.25, -0.2) is 0 Å². The van der Waals surface area contributed by atoms with Crippen LogP contribution in [-0.4, -0.2) is 23.3 Å². The van der Waals surface area contributed by atoms with Crippen LogP contribution >= 0.6 is 0 Å². The van der Waals surface area contributed by atoms with Crippen molar-refractivity contribution in [2.24, 2.45) is 23.2 Å². The van der Waals surface area contributed by atoms with Crippen molar-refractivity contribution in [3.63, 3.8) is 0 Å². The molecule has 4 aliphatic rings. The molecule has 4 nitrogen and oxygen atoms in total. The Morgan fingerprint density at radius 1 is 1.04 bits per heavy atom. The molecule has 2 unspecified atom stereocenters. The second-order valence-electron chi connectivity index (χ2n) is 16.4. The zero-order chi connectivity index (χ0) is 32.1. The predicted molar refractivity (Wildman–Crippen MR) is 183 cm³/mol. The van der Waals surface area contributed by atoms with Gasteiger partial charge in [-0.05, 0) is 142 Å². The number of carbonyl (C=O) groups is 1. The number of allylic oxidation sites excluding steroid dienone is 1. The first-order valence-corrected chi connectivity index (χ1v) is 17.8. The number of hydrogen-bond donors (Lipinski definition) is 1. The molecule has 1 heterocycles. The molecule has 3 saturated carbocycles. The molecule has 0 radical (unpaired) electrons. The minimum absolute atomic E-state index is 0.0186. The minimum Gasteiger partial charge on any atom is -0.493 e. The van der Waals surface area contributed by atoms with Gasteiger partial charge >= 0.3 is 5.97 Å². The summed E-state index contributed by atoms with van der Waals surface area (Å²) in [7, 11) is 0. The first kappa shape index (κ1) is 32.2. The van der Waals surface area contributed by atoms with Gasteiger partial charge in [0.25, 0.3) is 0 Å². The molecule has 2 aromatic rings. The van der Waals surface area contributed by atoms with Crippen molar-refractivity contribution in [3.05, 3.63) is 64.4 Å². The van der Waals surface area contributed by atoms with E-state index in [9.17, 15) is 9.90 Å². The Morgan fingerprint density at radius 3 is 2.38 bits per heavy atom. The Kier molecular flexibility index (Phi) is 8.67. The molecule has 0 amide bonds. The number of carboxylic acid groups (broad SMARTS) is 1. The fourth-order valence-electron chi connectivity index (χ4n) is 9.04. The Bertz CT molecular complexity index is 1440. The summed E-state index contributed by atoms with van der Waals surface area (Å²) < 4.78 is 13.1. The van der Waals surface area contributed by atoms with Crippen LogP contribution in [0.15, 0.2) is 47.7 Å². The maximum absolute atomic E-state index is 11.7. The second kappa shape index (κ2) is 12.1. The lowest BCUT2D eigenvalue weighted by molar-refractivity contribution is -0.150. The van der Waals surface area contributed by atoms with Gasteiger partial charge in [-0.3, -0.25) is 4.79 Å². The number of benzene rings is 2. The van der Waals surface area contributed by atoms with Gasteiger partial charge < -0.3 is 14.6 Å². The molecule has 6 rings (SSSR count). The second-order valence-corrected chi connectivity index (χ2v) is 16.4. The zero-order valence-electron chi connectivity index (χ0n) is 28.9. The Balaban J connectivity index is 1.17. The fourth-order valence-corrected chi connectivity index (χ4v) is 9.04. The number of aliphatic carboxylic acids is 1. The number of ether oxygens (including phenoxy) is 2.